The van der Waals surface area contributed by atoms with Crippen molar-refractivity contribution in [2.75, 3.05) is 32.8 Å². The number of nitrogens with zero attached hydrogens (tertiary/aromatic N) is 2. The molecule has 1 saturated heterocycles. The Kier molecular flexibility index (Phi) is 4.97. The lowest BCUT2D eigenvalue weighted by Gasteiger charge is -2.34. The van der Waals surface area contributed by atoms with Gasteiger partial charge in [-0.2, -0.15) is 0 Å². The van der Waals surface area contributed by atoms with Gasteiger partial charge in [0.2, 0.25) is 0 Å². The molecule has 0 spiro atoms. The Balaban J connectivity index is 1.66. The molecular formula is C14H17N3O2S2. The lowest BCUT2D eigenvalue weighted by atomic mass is 10.2. The van der Waals surface area contributed by atoms with Crippen molar-refractivity contribution in [1.82, 2.24) is 15.2 Å². The Morgan fingerprint density at radius 1 is 1.48 bits per heavy atom. The molecule has 2 aromatic heterocycles. The first kappa shape index (κ1) is 14.6. The number of carbonyl (C=O) groups excluding carboxylic acids is 1. The van der Waals surface area contributed by atoms with Gasteiger partial charge in [-0.1, -0.05) is 6.07 Å². The van der Waals surface area contributed by atoms with Crippen molar-refractivity contribution in [3.05, 3.63) is 39.0 Å². The molecule has 0 radical (unpaired) electrons. The van der Waals surface area contributed by atoms with Crippen LogP contribution in [0.4, 0.5) is 0 Å². The zero-order valence-corrected chi connectivity index (χ0v) is 13.2. The van der Waals surface area contributed by atoms with Gasteiger partial charge in [-0.25, -0.2) is 4.98 Å². The third kappa shape index (κ3) is 3.68. The molecule has 1 aliphatic rings. The van der Waals surface area contributed by atoms with E-state index in [4.69, 9.17) is 4.74 Å². The molecule has 0 saturated carbocycles. The van der Waals surface area contributed by atoms with E-state index < -0.39 is 0 Å². The van der Waals surface area contributed by atoms with Gasteiger partial charge in [0.1, 0.15) is 5.69 Å². The van der Waals surface area contributed by atoms with E-state index in [0.717, 1.165) is 26.3 Å². The summed E-state index contributed by atoms with van der Waals surface area (Å²) in [5.41, 5.74) is 2.17. The molecule has 21 heavy (non-hydrogen) atoms. The summed E-state index contributed by atoms with van der Waals surface area (Å²) in [7, 11) is 0. The molecule has 3 rings (SSSR count). The molecule has 0 bridgehead atoms. The summed E-state index contributed by atoms with van der Waals surface area (Å²) in [4.78, 5) is 19.7. The average Bonchev–Trinajstić information content (AvgIpc) is 3.22. The number of carbonyl (C=O) groups is 1. The Morgan fingerprint density at radius 3 is 3.00 bits per heavy atom. The van der Waals surface area contributed by atoms with Crippen LogP contribution in [0.5, 0.6) is 0 Å². The average molecular weight is 323 g/mol. The highest BCUT2D eigenvalue weighted by Crippen LogP contribution is 2.25. The molecule has 112 valence electrons. The van der Waals surface area contributed by atoms with Crippen molar-refractivity contribution < 1.29 is 9.53 Å². The molecule has 3 heterocycles. The Bertz CT molecular complexity index is 551. The molecule has 1 atom stereocenters. The number of morpholine rings is 1. The molecule has 1 N–H and O–H groups in total. The zero-order chi connectivity index (χ0) is 14.5. The highest BCUT2D eigenvalue weighted by Gasteiger charge is 2.24. The van der Waals surface area contributed by atoms with Crippen LogP contribution in [0, 0.1) is 0 Å². The van der Waals surface area contributed by atoms with E-state index in [-0.39, 0.29) is 11.9 Å². The minimum Gasteiger partial charge on any atom is -0.379 e. The quantitative estimate of drug-likeness (QED) is 0.914. The molecule has 1 aliphatic heterocycles. The van der Waals surface area contributed by atoms with E-state index in [2.05, 4.69) is 32.7 Å². The van der Waals surface area contributed by atoms with Crippen LogP contribution >= 0.6 is 22.7 Å². The topological polar surface area (TPSA) is 54.5 Å². The SMILES string of the molecule is O=C(NCC(c1cccs1)N1CCOCC1)c1cscn1. The van der Waals surface area contributed by atoms with Crippen LogP contribution in [0.15, 0.2) is 28.4 Å². The summed E-state index contributed by atoms with van der Waals surface area (Å²) in [6.45, 7) is 3.89. The van der Waals surface area contributed by atoms with Crippen LogP contribution < -0.4 is 5.32 Å². The fraction of sp³-hybridized carbons (Fsp3) is 0.429. The number of rotatable bonds is 5. The number of thiazole rings is 1. The van der Waals surface area contributed by atoms with E-state index in [0.29, 0.717) is 12.2 Å². The van der Waals surface area contributed by atoms with Gasteiger partial charge in [-0.3, -0.25) is 9.69 Å². The minimum atomic E-state index is -0.105. The van der Waals surface area contributed by atoms with Gasteiger partial charge in [0, 0.05) is 29.9 Å². The summed E-state index contributed by atoms with van der Waals surface area (Å²) < 4.78 is 5.42. The van der Waals surface area contributed by atoms with Crippen molar-refractivity contribution in [3.63, 3.8) is 0 Å². The van der Waals surface area contributed by atoms with Crippen LogP contribution in [-0.2, 0) is 4.74 Å². The summed E-state index contributed by atoms with van der Waals surface area (Å²) in [5.74, 6) is -0.105. The number of hydrogen-bond acceptors (Lipinski definition) is 6. The zero-order valence-electron chi connectivity index (χ0n) is 11.5. The Morgan fingerprint density at radius 2 is 2.33 bits per heavy atom. The molecule has 1 amide bonds. The van der Waals surface area contributed by atoms with Crippen molar-refractivity contribution in [3.8, 4) is 0 Å². The van der Waals surface area contributed by atoms with Gasteiger partial charge in [0.15, 0.2) is 0 Å². The van der Waals surface area contributed by atoms with E-state index in [1.165, 1.54) is 16.2 Å². The highest BCUT2D eigenvalue weighted by molar-refractivity contribution is 7.10. The lowest BCUT2D eigenvalue weighted by molar-refractivity contribution is 0.0169. The predicted octanol–water partition coefficient (Wildman–Crippen LogP) is 2.01. The van der Waals surface area contributed by atoms with Crippen molar-refractivity contribution in [1.29, 1.82) is 0 Å². The molecular weight excluding hydrogens is 306 g/mol. The molecule has 0 aromatic carbocycles. The van der Waals surface area contributed by atoms with Crippen molar-refractivity contribution in [2.24, 2.45) is 0 Å². The molecule has 2 aromatic rings. The molecule has 5 nitrogen and oxygen atoms in total. The van der Waals surface area contributed by atoms with Gasteiger partial charge >= 0.3 is 0 Å². The van der Waals surface area contributed by atoms with Gasteiger partial charge in [0.05, 0.1) is 24.8 Å². The maximum Gasteiger partial charge on any atom is 0.270 e. The first-order valence-corrected chi connectivity index (χ1v) is 8.68. The standard InChI is InChI=1S/C14H17N3O2S2/c18-14(11-9-20-10-16-11)15-8-12(13-2-1-7-21-13)17-3-5-19-6-4-17/h1-2,7,9-10,12H,3-6,8H2,(H,15,18). The second kappa shape index (κ2) is 7.13. The lowest BCUT2D eigenvalue weighted by Crippen LogP contribution is -2.43. The maximum atomic E-state index is 12.1. The third-order valence-corrected chi connectivity index (χ3v) is 5.04. The van der Waals surface area contributed by atoms with E-state index in [9.17, 15) is 4.79 Å². The second-order valence-corrected chi connectivity index (χ2v) is 6.46. The Hall–Kier alpha value is -1.28. The number of amides is 1. The third-order valence-electron chi connectivity index (χ3n) is 3.48. The first-order valence-electron chi connectivity index (χ1n) is 6.86. The smallest absolute Gasteiger partial charge is 0.270 e. The highest BCUT2D eigenvalue weighted by atomic mass is 32.1. The van der Waals surface area contributed by atoms with Gasteiger partial charge in [-0.05, 0) is 11.4 Å². The van der Waals surface area contributed by atoms with Gasteiger partial charge in [-0.15, -0.1) is 22.7 Å². The maximum absolute atomic E-state index is 12.1. The van der Waals surface area contributed by atoms with Crippen molar-refractivity contribution in [2.45, 2.75) is 6.04 Å². The summed E-state index contributed by atoms with van der Waals surface area (Å²) in [5, 5.41) is 6.84. The molecule has 0 aliphatic carbocycles. The second-order valence-electron chi connectivity index (χ2n) is 4.76. The number of nitrogens with one attached hydrogen (secondary N) is 1. The first-order chi connectivity index (χ1) is 10.3. The fourth-order valence-corrected chi connectivity index (χ4v) is 3.78. The number of thiophene rings is 1. The van der Waals surface area contributed by atoms with E-state index >= 15 is 0 Å². The van der Waals surface area contributed by atoms with Gasteiger partial charge < -0.3 is 10.1 Å². The molecule has 7 heteroatoms. The summed E-state index contributed by atoms with van der Waals surface area (Å²) in [6.07, 6.45) is 0. The van der Waals surface area contributed by atoms with E-state index in [1.807, 2.05) is 0 Å². The van der Waals surface area contributed by atoms with Crippen LogP contribution in [0.25, 0.3) is 0 Å². The van der Waals surface area contributed by atoms with Gasteiger partial charge in [0.25, 0.3) is 5.91 Å². The van der Waals surface area contributed by atoms with Crippen LogP contribution in [0.2, 0.25) is 0 Å². The molecule has 1 fully saturated rings. The van der Waals surface area contributed by atoms with Crippen LogP contribution in [0.1, 0.15) is 21.4 Å². The summed E-state index contributed by atoms with van der Waals surface area (Å²) in [6, 6.07) is 4.38. The Labute approximate surface area is 131 Å². The largest absolute Gasteiger partial charge is 0.379 e. The number of hydrogen-bond donors (Lipinski definition) is 1. The fourth-order valence-electron chi connectivity index (χ4n) is 2.38. The van der Waals surface area contributed by atoms with Crippen molar-refractivity contribution >= 4 is 28.6 Å². The monoisotopic (exact) mass is 323 g/mol. The molecule has 1 unspecified atom stereocenters. The van der Waals surface area contributed by atoms with E-state index in [1.54, 1.807) is 22.2 Å². The normalized spacial score (nSPS) is 17.5. The number of ether oxygens (including phenoxy) is 1. The predicted molar refractivity (Wildman–Crippen MR) is 83.9 cm³/mol. The summed E-state index contributed by atoms with van der Waals surface area (Å²) >= 11 is 3.16. The number of aromatic nitrogens is 1. The van der Waals surface area contributed by atoms with Crippen LogP contribution in [0.3, 0.4) is 0 Å². The van der Waals surface area contributed by atoms with Crippen LogP contribution in [-0.4, -0.2) is 48.6 Å². The minimum absolute atomic E-state index is 0.105.